The van der Waals surface area contributed by atoms with Crippen molar-refractivity contribution in [2.24, 2.45) is 23.7 Å². The fraction of sp³-hybridized carbons (Fsp3) is 0.500. The van der Waals surface area contributed by atoms with Gasteiger partial charge in [-0.25, -0.2) is 0 Å². The van der Waals surface area contributed by atoms with Crippen molar-refractivity contribution in [3.05, 3.63) is 95.1 Å². The highest BCUT2D eigenvalue weighted by molar-refractivity contribution is 5.79. The van der Waals surface area contributed by atoms with E-state index in [0.717, 1.165) is 60.8 Å². The molecule has 0 spiro atoms. The summed E-state index contributed by atoms with van der Waals surface area (Å²) in [7, 11) is 0. The van der Waals surface area contributed by atoms with E-state index in [1.165, 1.54) is 0 Å². The third-order valence-corrected chi connectivity index (χ3v) is 11.7. The molecule has 0 saturated carbocycles. The highest BCUT2D eigenvalue weighted by Crippen LogP contribution is 2.31. The second-order valence-electron chi connectivity index (χ2n) is 17.5. The fourth-order valence-corrected chi connectivity index (χ4v) is 8.31. The van der Waals surface area contributed by atoms with Gasteiger partial charge in [-0.1, -0.05) is 77.6 Å². The van der Waals surface area contributed by atoms with E-state index in [0.29, 0.717) is 111 Å². The SMILES string of the molecule is CCC[C@@H](Cc1ccc(OC(=O)[C@@H](CCC)Cc2ccc(OCC)c(N)c2)c(N)c1)C(=O)OCC.CCC[C@@H](Cc1ccc(OC(=O)[C@@H](CCC)Cc2ccc(OCC)c(N)c2)c(N)c1)C(=O)OCC. The highest BCUT2D eigenvalue weighted by Gasteiger charge is 2.25. The van der Waals surface area contributed by atoms with Gasteiger partial charge in [0, 0.05) is 0 Å². The Morgan fingerprint density at radius 1 is 0.371 bits per heavy atom. The number of nitrogens with two attached hydrogens (primary N) is 4. The van der Waals surface area contributed by atoms with Crippen molar-refractivity contribution >= 4 is 46.6 Å². The van der Waals surface area contributed by atoms with E-state index in [4.69, 9.17) is 51.4 Å². The van der Waals surface area contributed by atoms with Gasteiger partial charge in [0.2, 0.25) is 0 Å². The summed E-state index contributed by atoms with van der Waals surface area (Å²) >= 11 is 0. The topological polar surface area (TPSA) is 228 Å². The monoisotopic (exact) mass is 969 g/mol. The molecule has 0 fully saturated rings. The maximum absolute atomic E-state index is 13.0. The quantitative estimate of drug-likeness (QED) is 0.0236. The van der Waals surface area contributed by atoms with Crippen LogP contribution in [0.1, 0.15) is 129 Å². The molecule has 0 heterocycles. The maximum atomic E-state index is 13.0. The van der Waals surface area contributed by atoms with E-state index in [2.05, 4.69) is 0 Å². The van der Waals surface area contributed by atoms with Crippen molar-refractivity contribution in [3.63, 3.8) is 0 Å². The summed E-state index contributed by atoms with van der Waals surface area (Å²) in [4.78, 5) is 50.6. The van der Waals surface area contributed by atoms with Gasteiger partial charge in [0.25, 0.3) is 0 Å². The summed E-state index contributed by atoms with van der Waals surface area (Å²) in [6.45, 7) is 17.4. The van der Waals surface area contributed by atoms with Crippen molar-refractivity contribution in [1.82, 2.24) is 0 Å². The van der Waals surface area contributed by atoms with Crippen LogP contribution in [-0.2, 0) is 54.3 Å². The molecule has 70 heavy (non-hydrogen) atoms. The second kappa shape index (κ2) is 30.9. The molecule has 0 unspecified atom stereocenters. The Balaban J connectivity index is 0.000000370. The maximum Gasteiger partial charge on any atom is 0.314 e. The molecule has 4 rings (SSSR count). The Kier molecular flexibility index (Phi) is 25.6. The van der Waals surface area contributed by atoms with Crippen LogP contribution in [0.2, 0.25) is 0 Å². The first kappa shape index (κ1) is 57.9. The smallest absolute Gasteiger partial charge is 0.314 e. The minimum atomic E-state index is -0.325. The van der Waals surface area contributed by atoms with E-state index in [1.807, 2.05) is 90.1 Å². The lowest BCUT2D eigenvalue weighted by atomic mass is 9.94. The van der Waals surface area contributed by atoms with Gasteiger partial charge >= 0.3 is 23.9 Å². The van der Waals surface area contributed by atoms with Gasteiger partial charge in [-0.05, 0) is 150 Å². The number of hydrogen-bond donors (Lipinski definition) is 4. The van der Waals surface area contributed by atoms with Crippen LogP contribution in [0.5, 0.6) is 23.0 Å². The lowest BCUT2D eigenvalue weighted by Crippen LogP contribution is -2.23. The minimum Gasteiger partial charge on any atom is -0.492 e. The summed E-state index contributed by atoms with van der Waals surface area (Å²) < 4.78 is 32.8. The Labute approximate surface area is 416 Å². The van der Waals surface area contributed by atoms with Crippen LogP contribution >= 0.6 is 0 Å². The number of rotatable bonds is 28. The zero-order valence-electron chi connectivity index (χ0n) is 42.9. The van der Waals surface area contributed by atoms with Crippen molar-refractivity contribution in [1.29, 1.82) is 0 Å². The average Bonchev–Trinajstić information content (AvgIpc) is 3.32. The Morgan fingerprint density at radius 3 is 0.857 bits per heavy atom. The fourth-order valence-electron chi connectivity index (χ4n) is 8.31. The number of benzene rings is 4. The average molecular weight is 969 g/mol. The van der Waals surface area contributed by atoms with Crippen molar-refractivity contribution in [2.75, 3.05) is 49.4 Å². The van der Waals surface area contributed by atoms with Crippen LogP contribution in [0.25, 0.3) is 0 Å². The first-order valence-electron chi connectivity index (χ1n) is 25.2. The Morgan fingerprint density at radius 2 is 0.629 bits per heavy atom. The van der Waals surface area contributed by atoms with Gasteiger partial charge in [-0.2, -0.15) is 0 Å². The van der Waals surface area contributed by atoms with E-state index >= 15 is 0 Å². The van der Waals surface area contributed by atoms with Crippen LogP contribution in [0, 0.1) is 23.7 Å². The number of ether oxygens (including phenoxy) is 6. The normalized spacial score (nSPS) is 12.6. The van der Waals surface area contributed by atoms with Gasteiger partial charge in [0.15, 0.2) is 11.5 Å². The molecule has 4 atom stereocenters. The van der Waals surface area contributed by atoms with Gasteiger partial charge < -0.3 is 51.4 Å². The lowest BCUT2D eigenvalue weighted by molar-refractivity contribution is -0.149. The molecule has 0 aliphatic carbocycles. The third-order valence-electron chi connectivity index (χ3n) is 11.7. The van der Waals surface area contributed by atoms with Crippen LogP contribution in [0.4, 0.5) is 22.7 Å². The van der Waals surface area contributed by atoms with Gasteiger partial charge in [-0.3, -0.25) is 19.2 Å². The molecule has 0 amide bonds. The van der Waals surface area contributed by atoms with Crippen LogP contribution in [-0.4, -0.2) is 50.3 Å². The molecule has 4 aromatic rings. The van der Waals surface area contributed by atoms with E-state index in [9.17, 15) is 19.2 Å². The van der Waals surface area contributed by atoms with E-state index in [-0.39, 0.29) is 47.5 Å². The summed E-state index contributed by atoms with van der Waals surface area (Å²) in [6, 6.07) is 21.9. The van der Waals surface area contributed by atoms with Crippen LogP contribution in [0.3, 0.4) is 0 Å². The predicted molar refractivity (Wildman–Crippen MR) is 279 cm³/mol. The lowest BCUT2D eigenvalue weighted by Gasteiger charge is -2.18. The van der Waals surface area contributed by atoms with E-state index < -0.39 is 0 Å². The van der Waals surface area contributed by atoms with Crippen molar-refractivity contribution in [2.45, 2.75) is 132 Å². The standard InChI is InChI=1S/2C28H40N2O5/c2*1-5-9-21(27(31)34-8-4)15-20-12-14-26(24(30)18-20)35-28(32)22(10-6-2)16-19-11-13-25(33-7-3)23(29)17-19/h2*11-14,17-18,21-22H,5-10,15-16,29-30H2,1-4H3/t2*21-,22-/m00/s1. The molecule has 4 aromatic carbocycles. The molecule has 0 aliphatic rings. The second-order valence-corrected chi connectivity index (χ2v) is 17.5. The van der Waals surface area contributed by atoms with Crippen molar-refractivity contribution < 1.29 is 47.6 Å². The largest absolute Gasteiger partial charge is 0.492 e. The number of anilines is 4. The third kappa shape index (κ3) is 18.8. The zero-order chi connectivity index (χ0) is 51.6. The molecule has 0 saturated heterocycles. The minimum absolute atomic E-state index is 0.194. The molecule has 0 aliphatic heterocycles. The molecule has 14 heteroatoms. The summed E-state index contributed by atoms with van der Waals surface area (Å²) in [5, 5.41) is 0. The number of carbonyl (C=O) groups is 4. The van der Waals surface area contributed by atoms with E-state index in [1.54, 1.807) is 38.1 Å². The Hall–Kier alpha value is -6.44. The molecule has 0 radical (unpaired) electrons. The molecule has 14 nitrogen and oxygen atoms in total. The van der Waals surface area contributed by atoms with Gasteiger partial charge in [-0.15, -0.1) is 0 Å². The zero-order valence-corrected chi connectivity index (χ0v) is 42.9. The van der Waals surface area contributed by atoms with Crippen LogP contribution in [0.15, 0.2) is 72.8 Å². The van der Waals surface area contributed by atoms with Crippen LogP contribution < -0.4 is 41.9 Å². The summed E-state index contributed by atoms with van der Waals surface area (Å²) in [6.07, 6.45) is 8.38. The molecule has 8 N–H and O–H groups in total. The van der Waals surface area contributed by atoms with Crippen molar-refractivity contribution in [3.8, 4) is 23.0 Å². The molecule has 0 aromatic heterocycles. The number of nitrogen functional groups attached to an aromatic ring is 4. The molecule has 384 valence electrons. The number of hydrogen-bond acceptors (Lipinski definition) is 14. The summed E-state index contributed by atoms with van der Waals surface area (Å²) in [5.41, 5.74) is 30.2. The van der Waals surface area contributed by atoms with Gasteiger partial charge in [0.05, 0.1) is 72.8 Å². The summed E-state index contributed by atoms with van der Waals surface area (Å²) in [5.74, 6) is -0.186. The predicted octanol–water partition coefficient (Wildman–Crippen LogP) is 10.7. The Bertz CT molecular complexity index is 2110. The van der Waals surface area contributed by atoms with Gasteiger partial charge in [0.1, 0.15) is 11.5 Å². The number of carbonyl (C=O) groups excluding carboxylic acids is 4. The molecule has 0 bridgehead atoms. The molecular weight excluding hydrogens is 889 g/mol. The first-order valence-corrected chi connectivity index (χ1v) is 25.2. The number of esters is 4. The first-order chi connectivity index (χ1) is 33.6. The molecular formula is C56H80N4O10. The highest BCUT2D eigenvalue weighted by atomic mass is 16.5.